The summed E-state index contributed by atoms with van der Waals surface area (Å²) in [5.41, 5.74) is 6.14. The van der Waals surface area contributed by atoms with Gasteiger partial charge >= 0.3 is 0 Å². The number of allylic oxidation sites excluding steroid dienone is 2. The molecule has 1 aromatic heterocycles. The summed E-state index contributed by atoms with van der Waals surface area (Å²) in [5, 5.41) is 22.4. The average molecular weight is 853 g/mol. The third-order valence-electron chi connectivity index (χ3n) is 10.3. The maximum atomic E-state index is 11.9. The van der Waals surface area contributed by atoms with Gasteiger partial charge in [-0.05, 0) is 46.6 Å². The predicted octanol–water partition coefficient (Wildman–Crippen LogP) is 13.1. The van der Waals surface area contributed by atoms with E-state index in [1.165, 1.54) is 49.5 Å². The minimum atomic E-state index is -0.349. The number of aromatic nitrogens is 1. The normalized spacial score (nSPS) is 14.1. The first-order valence-electron chi connectivity index (χ1n) is 17.7. The van der Waals surface area contributed by atoms with E-state index in [2.05, 4.69) is 128 Å². The van der Waals surface area contributed by atoms with Crippen LogP contribution in [0.4, 0.5) is 5.69 Å². The second kappa shape index (κ2) is 15.0. The van der Waals surface area contributed by atoms with E-state index in [0.717, 1.165) is 35.2 Å². The zero-order valence-electron chi connectivity index (χ0n) is 31.0. The summed E-state index contributed by atoms with van der Waals surface area (Å²) in [4.78, 5) is 11.9. The first-order chi connectivity index (χ1) is 23.9. The molecule has 1 aliphatic rings. The fourth-order valence-corrected chi connectivity index (χ4v) is 6.88. The van der Waals surface area contributed by atoms with E-state index >= 15 is 0 Å². The first kappa shape index (κ1) is 37.8. The van der Waals surface area contributed by atoms with Crippen LogP contribution < -0.4 is 0 Å². The van der Waals surface area contributed by atoms with E-state index in [1.54, 1.807) is 0 Å². The molecular weight excluding hydrogens is 805 g/mol. The number of fused-ring (bicyclic) bond motifs is 7. The summed E-state index contributed by atoms with van der Waals surface area (Å²) < 4.78 is 2.43. The topological polar surface area (TPSA) is 56.3 Å². The molecule has 2 heterocycles. The van der Waals surface area contributed by atoms with Crippen molar-refractivity contribution in [3.05, 3.63) is 143 Å². The Balaban J connectivity index is 0.000000271. The van der Waals surface area contributed by atoms with Crippen LogP contribution >= 0.6 is 0 Å². The Hall–Kier alpha value is -4.44. The van der Waals surface area contributed by atoms with Gasteiger partial charge in [0.2, 0.25) is 0 Å². The van der Waals surface area contributed by atoms with E-state index in [-0.39, 0.29) is 48.6 Å². The van der Waals surface area contributed by atoms with Gasteiger partial charge in [-0.15, -0.1) is 5.69 Å². The standard InChI is InChI=1S/C33H24N2.C13H24O2.Ir/c1-21-18-22(2)20-23(19-21)33-34-30-16-9-15-29-27-13-6-4-11-25(27)24-10-3-5-12-26(24)28-14-7-8-17-31(28)35(33)32(29)30;1-7-13(6,8-2)11(15)9-10(14)12(3,4)5;/h3-19,33H,1-2H3;9,14H,7-8H2,1-6H3;/q-2;;/b;10-9-;. The van der Waals surface area contributed by atoms with Gasteiger partial charge in [-0.2, -0.15) is 34.9 Å². The molecule has 1 radical (unpaired) electrons. The van der Waals surface area contributed by atoms with Crippen LogP contribution in [0.3, 0.4) is 0 Å². The maximum Gasteiger partial charge on any atom is 0.164 e. The molecule has 0 amide bonds. The number of aliphatic hydroxyl groups excluding tert-OH is 1. The monoisotopic (exact) mass is 853 g/mol. The number of rotatable bonds is 5. The van der Waals surface area contributed by atoms with Crippen molar-refractivity contribution in [3.8, 4) is 0 Å². The van der Waals surface area contributed by atoms with Crippen LogP contribution in [0.25, 0.3) is 48.7 Å². The van der Waals surface area contributed by atoms with Crippen LogP contribution in [0.5, 0.6) is 0 Å². The number of carbonyl (C=O) groups is 1. The van der Waals surface area contributed by atoms with Crippen LogP contribution in [-0.2, 0) is 24.9 Å². The van der Waals surface area contributed by atoms with Gasteiger partial charge in [-0.1, -0.05) is 140 Å². The molecule has 51 heavy (non-hydrogen) atoms. The van der Waals surface area contributed by atoms with E-state index in [9.17, 15) is 9.90 Å². The molecule has 5 heteroatoms. The molecule has 7 rings (SSSR count). The van der Waals surface area contributed by atoms with Crippen molar-refractivity contribution in [2.45, 2.75) is 74.4 Å². The van der Waals surface area contributed by atoms with Crippen LogP contribution in [0.2, 0.25) is 0 Å². The second-order valence-electron chi connectivity index (χ2n) is 14.9. The van der Waals surface area contributed by atoms with Crippen molar-refractivity contribution in [1.82, 2.24) is 4.57 Å². The Morgan fingerprint density at radius 2 is 1.27 bits per heavy atom. The largest absolute Gasteiger partial charge is 0.661 e. The summed E-state index contributed by atoms with van der Waals surface area (Å²) in [6, 6.07) is 40.8. The first-order valence-corrected chi connectivity index (χ1v) is 17.7. The predicted molar refractivity (Wildman–Crippen MR) is 212 cm³/mol. The van der Waals surface area contributed by atoms with Gasteiger partial charge in [0, 0.05) is 58.8 Å². The van der Waals surface area contributed by atoms with Gasteiger partial charge in [0.05, 0.1) is 0 Å². The molecular formula is C46H48IrN2O2-2. The van der Waals surface area contributed by atoms with Crippen LogP contribution in [-0.4, -0.2) is 15.5 Å². The quantitative estimate of drug-likeness (QED) is 0.107. The van der Waals surface area contributed by atoms with E-state index in [0.29, 0.717) is 0 Å². The molecule has 1 unspecified atom stereocenters. The summed E-state index contributed by atoms with van der Waals surface area (Å²) >= 11 is 0. The molecule has 1 atom stereocenters. The number of aliphatic hydroxyl groups is 1. The molecule has 1 aliphatic heterocycles. The van der Waals surface area contributed by atoms with Crippen molar-refractivity contribution in [3.63, 3.8) is 0 Å². The zero-order valence-corrected chi connectivity index (χ0v) is 33.4. The Bertz CT molecular complexity index is 2320. The molecule has 0 fully saturated rings. The molecule has 265 valence electrons. The molecule has 0 saturated heterocycles. The molecule has 6 aromatic rings. The van der Waals surface area contributed by atoms with Crippen LogP contribution in [0.1, 0.15) is 77.2 Å². The number of benzene rings is 5. The number of ketones is 1. The maximum absolute atomic E-state index is 11.9. The summed E-state index contributed by atoms with van der Waals surface area (Å²) in [5.74, 6) is 0.195. The number of hydrogen-bond donors (Lipinski definition) is 1. The Labute approximate surface area is 316 Å². The smallest absolute Gasteiger partial charge is 0.164 e. The van der Waals surface area contributed by atoms with Crippen molar-refractivity contribution >= 4 is 54.8 Å². The fraction of sp³-hybridized carbons (Fsp3) is 0.283. The molecule has 0 bridgehead atoms. The van der Waals surface area contributed by atoms with Crippen molar-refractivity contribution < 1.29 is 30.0 Å². The van der Waals surface area contributed by atoms with Gasteiger partial charge in [-0.25, -0.2) is 0 Å². The summed E-state index contributed by atoms with van der Waals surface area (Å²) in [6.45, 7) is 15.9. The van der Waals surface area contributed by atoms with Gasteiger partial charge in [-0.3, -0.25) is 4.79 Å². The SMILES string of the molecule is CCC(C)(CC)C(=O)/C=C(\O)C(C)(C)C.Cc1[c-]c(C2[N-]c3cccc4c5ccccc5c5ccccc5c5ccccc5n2c34)cc(C)c1.[Ir]. The van der Waals surface area contributed by atoms with Crippen molar-refractivity contribution in [2.24, 2.45) is 10.8 Å². The third-order valence-corrected chi connectivity index (χ3v) is 10.3. The molecule has 0 spiro atoms. The molecule has 5 aromatic carbocycles. The number of hydrogen-bond acceptors (Lipinski definition) is 2. The number of carbonyl (C=O) groups excluding carboxylic acids is 1. The van der Waals surface area contributed by atoms with Gasteiger partial charge in [0.15, 0.2) is 5.78 Å². The number of aryl methyl sites for hydroxylation is 2. The van der Waals surface area contributed by atoms with E-state index < -0.39 is 0 Å². The summed E-state index contributed by atoms with van der Waals surface area (Å²) in [7, 11) is 0. The third kappa shape index (κ3) is 7.34. The Kier molecular flexibility index (Phi) is 11.1. The van der Waals surface area contributed by atoms with Gasteiger partial charge in [0.1, 0.15) is 5.76 Å². The number of nitrogens with zero attached hydrogens (tertiary/aromatic N) is 2. The molecule has 0 aliphatic carbocycles. The van der Waals surface area contributed by atoms with Gasteiger partial charge in [0.25, 0.3) is 0 Å². The molecule has 0 saturated carbocycles. The second-order valence-corrected chi connectivity index (χ2v) is 14.9. The van der Waals surface area contributed by atoms with Crippen LogP contribution in [0, 0.1) is 30.7 Å². The fourth-order valence-electron chi connectivity index (χ4n) is 6.88. The molecule has 4 nitrogen and oxygen atoms in total. The number of para-hydroxylation sites is 2. The van der Waals surface area contributed by atoms with E-state index in [1.807, 2.05) is 41.5 Å². The van der Waals surface area contributed by atoms with Gasteiger partial charge < -0.3 is 15.0 Å². The Morgan fingerprint density at radius 1 is 0.765 bits per heavy atom. The Morgan fingerprint density at radius 3 is 1.82 bits per heavy atom. The minimum Gasteiger partial charge on any atom is -0.661 e. The zero-order chi connectivity index (χ0) is 35.8. The van der Waals surface area contributed by atoms with E-state index in [4.69, 9.17) is 5.32 Å². The van der Waals surface area contributed by atoms with Crippen molar-refractivity contribution in [1.29, 1.82) is 0 Å². The van der Waals surface area contributed by atoms with Crippen molar-refractivity contribution in [2.75, 3.05) is 0 Å². The minimum absolute atomic E-state index is 0. The summed E-state index contributed by atoms with van der Waals surface area (Å²) in [6.07, 6.45) is 2.82. The molecule has 1 N–H and O–H groups in total. The average Bonchev–Trinajstić information content (AvgIpc) is 3.51. The van der Waals surface area contributed by atoms with Crippen LogP contribution in [0.15, 0.2) is 115 Å².